The maximum Gasteiger partial charge on any atom is 0.211 e. The summed E-state index contributed by atoms with van der Waals surface area (Å²) in [5, 5.41) is 17.7. The Balaban J connectivity index is 1.97. The topological polar surface area (TPSA) is 49.9 Å². The molecule has 0 unspecified atom stereocenters. The van der Waals surface area contributed by atoms with Crippen molar-refractivity contribution in [3.05, 3.63) is 58.9 Å². The Hall–Kier alpha value is -2.40. The molecule has 0 saturated heterocycles. The lowest BCUT2D eigenvalue weighted by molar-refractivity contribution is 0.475. The molecule has 2 aromatic carbocycles. The predicted octanol–water partition coefficient (Wildman–Crippen LogP) is 2.88. The van der Waals surface area contributed by atoms with Gasteiger partial charge in [-0.1, -0.05) is 35.6 Å². The molecule has 0 bridgehead atoms. The second-order valence-electron chi connectivity index (χ2n) is 4.35. The van der Waals surface area contributed by atoms with Crippen LogP contribution in [0.25, 0.3) is 10.2 Å². The summed E-state index contributed by atoms with van der Waals surface area (Å²) >= 11 is 1.60. The molecule has 0 aliphatic carbocycles. The Morgan fingerprint density at radius 1 is 1.15 bits per heavy atom. The van der Waals surface area contributed by atoms with Gasteiger partial charge in [-0.2, -0.15) is 5.10 Å². The molecule has 3 aromatic rings. The first kappa shape index (κ1) is 12.6. The highest BCUT2D eigenvalue weighted by Gasteiger charge is 2.00. The number of phenols is 1. The zero-order valence-corrected chi connectivity index (χ0v) is 11.7. The molecule has 1 heterocycles. The molecule has 0 radical (unpaired) electrons. The standard InChI is InChI=1S/C15H13N3OS/c1-18-13-7-2-3-8-14(13)20-15(18)17-16-10-11-5-4-6-12(19)9-11/h2-10,19H,1H3/b16-10-,17-15+. The number of hydrogen-bond acceptors (Lipinski definition) is 4. The maximum absolute atomic E-state index is 9.37. The van der Waals surface area contributed by atoms with Gasteiger partial charge < -0.3 is 9.67 Å². The molecule has 1 N–H and O–H groups in total. The lowest BCUT2D eigenvalue weighted by atomic mass is 10.2. The van der Waals surface area contributed by atoms with Crippen LogP contribution in [0.4, 0.5) is 0 Å². The molecule has 0 amide bonds. The Labute approximate surface area is 120 Å². The summed E-state index contributed by atoms with van der Waals surface area (Å²) in [5.74, 6) is 0.223. The van der Waals surface area contributed by atoms with E-state index in [1.54, 1.807) is 35.8 Å². The normalized spacial score (nSPS) is 12.6. The number of hydrogen-bond donors (Lipinski definition) is 1. The van der Waals surface area contributed by atoms with Crippen LogP contribution in [0.1, 0.15) is 5.56 Å². The number of thiazole rings is 1. The van der Waals surface area contributed by atoms with E-state index in [0.717, 1.165) is 15.9 Å². The van der Waals surface area contributed by atoms with Crippen LogP contribution in [-0.2, 0) is 7.05 Å². The van der Waals surface area contributed by atoms with Crippen molar-refractivity contribution in [2.75, 3.05) is 0 Å². The minimum Gasteiger partial charge on any atom is -0.508 e. The molecule has 0 atom stereocenters. The van der Waals surface area contributed by atoms with Gasteiger partial charge in [-0.3, -0.25) is 0 Å². The van der Waals surface area contributed by atoms with Crippen molar-refractivity contribution in [2.24, 2.45) is 17.3 Å². The summed E-state index contributed by atoms with van der Waals surface area (Å²) < 4.78 is 3.20. The summed E-state index contributed by atoms with van der Waals surface area (Å²) in [7, 11) is 1.97. The summed E-state index contributed by atoms with van der Waals surface area (Å²) in [4.78, 5) is 0.836. The lowest BCUT2D eigenvalue weighted by Crippen LogP contribution is -2.08. The lowest BCUT2D eigenvalue weighted by Gasteiger charge is -1.93. The van der Waals surface area contributed by atoms with Crippen molar-refractivity contribution in [1.82, 2.24) is 4.57 Å². The molecule has 3 rings (SSSR count). The second kappa shape index (κ2) is 5.30. The van der Waals surface area contributed by atoms with Gasteiger partial charge in [0.25, 0.3) is 0 Å². The summed E-state index contributed by atoms with van der Waals surface area (Å²) in [6.07, 6.45) is 1.63. The fraction of sp³-hybridized carbons (Fsp3) is 0.0667. The fourth-order valence-corrected chi connectivity index (χ4v) is 2.90. The van der Waals surface area contributed by atoms with Crippen LogP contribution >= 0.6 is 11.3 Å². The van der Waals surface area contributed by atoms with Gasteiger partial charge in [0.15, 0.2) is 0 Å². The Kier molecular flexibility index (Phi) is 3.35. The van der Waals surface area contributed by atoms with Crippen molar-refractivity contribution in [2.45, 2.75) is 0 Å². The smallest absolute Gasteiger partial charge is 0.211 e. The van der Waals surface area contributed by atoms with E-state index in [9.17, 15) is 5.11 Å². The quantitative estimate of drug-likeness (QED) is 0.570. The van der Waals surface area contributed by atoms with Crippen LogP contribution in [0.5, 0.6) is 5.75 Å². The van der Waals surface area contributed by atoms with Crippen molar-refractivity contribution >= 4 is 27.8 Å². The predicted molar refractivity (Wildman–Crippen MR) is 82.1 cm³/mol. The van der Waals surface area contributed by atoms with Gasteiger partial charge in [-0.05, 0) is 29.8 Å². The van der Waals surface area contributed by atoms with Gasteiger partial charge in [-0.25, -0.2) is 0 Å². The molecule has 0 saturated carbocycles. The number of para-hydroxylation sites is 1. The molecule has 0 aliphatic rings. The molecule has 0 spiro atoms. The number of rotatable bonds is 2. The zero-order chi connectivity index (χ0) is 13.9. The molecule has 1 aromatic heterocycles. The van der Waals surface area contributed by atoms with Crippen LogP contribution < -0.4 is 4.80 Å². The van der Waals surface area contributed by atoms with E-state index in [-0.39, 0.29) is 5.75 Å². The number of fused-ring (bicyclic) bond motifs is 1. The Morgan fingerprint density at radius 3 is 2.80 bits per heavy atom. The van der Waals surface area contributed by atoms with Crippen molar-refractivity contribution in [3.63, 3.8) is 0 Å². The summed E-state index contributed by atoms with van der Waals surface area (Å²) in [6, 6.07) is 15.1. The van der Waals surface area contributed by atoms with E-state index < -0.39 is 0 Å². The zero-order valence-electron chi connectivity index (χ0n) is 10.9. The number of phenolic OH excluding ortho intramolecular Hbond substituents is 1. The third kappa shape index (κ3) is 2.48. The third-order valence-corrected chi connectivity index (χ3v) is 4.04. The average Bonchev–Trinajstić information content (AvgIpc) is 2.76. The Bertz CT molecular complexity index is 845. The minimum atomic E-state index is 0.223. The van der Waals surface area contributed by atoms with Crippen LogP contribution in [0.3, 0.4) is 0 Å². The molecule has 0 fully saturated rings. The molecular formula is C15H13N3OS. The van der Waals surface area contributed by atoms with Crippen LogP contribution in [-0.4, -0.2) is 15.9 Å². The van der Waals surface area contributed by atoms with Crippen molar-refractivity contribution < 1.29 is 5.11 Å². The first-order chi connectivity index (χ1) is 9.74. The highest BCUT2D eigenvalue weighted by Crippen LogP contribution is 2.15. The molecule has 100 valence electrons. The number of aromatic hydroxyl groups is 1. The van der Waals surface area contributed by atoms with E-state index in [0.29, 0.717) is 0 Å². The molecule has 0 aliphatic heterocycles. The number of nitrogens with zero attached hydrogens (tertiary/aromatic N) is 3. The monoisotopic (exact) mass is 283 g/mol. The van der Waals surface area contributed by atoms with Crippen LogP contribution in [0, 0.1) is 0 Å². The molecule has 5 heteroatoms. The van der Waals surface area contributed by atoms with Gasteiger partial charge in [0.1, 0.15) is 5.75 Å². The van der Waals surface area contributed by atoms with E-state index in [4.69, 9.17) is 0 Å². The Morgan fingerprint density at radius 2 is 2.00 bits per heavy atom. The largest absolute Gasteiger partial charge is 0.508 e. The van der Waals surface area contributed by atoms with E-state index in [2.05, 4.69) is 22.3 Å². The van der Waals surface area contributed by atoms with Gasteiger partial charge in [0, 0.05) is 7.05 Å². The van der Waals surface area contributed by atoms with Gasteiger partial charge in [-0.15, -0.1) is 5.10 Å². The molecule has 4 nitrogen and oxygen atoms in total. The average molecular weight is 283 g/mol. The summed E-state index contributed by atoms with van der Waals surface area (Å²) in [5.41, 5.74) is 1.96. The summed E-state index contributed by atoms with van der Waals surface area (Å²) in [6.45, 7) is 0. The molecular weight excluding hydrogens is 270 g/mol. The molecule has 20 heavy (non-hydrogen) atoms. The van der Waals surface area contributed by atoms with Gasteiger partial charge in [0.05, 0.1) is 16.4 Å². The number of benzene rings is 2. The van der Waals surface area contributed by atoms with E-state index in [1.165, 1.54) is 4.70 Å². The minimum absolute atomic E-state index is 0.223. The highest BCUT2D eigenvalue weighted by molar-refractivity contribution is 7.16. The van der Waals surface area contributed by atoms with Crippen molar-refractivity contribution in [3.8, 4) is 5.75 Å². The third-order valence-electron chi connectivity index (χ3n) is 2.94. The SMILES string of the molecule is Cn1/c(=N\N=C/c2cccc(O)c2)sc2ccccc21. The number of aromatic nitrogens is 1. The van der Waals surface area contributed by atoms with Crippen molar-refractivity contribution in [1.29, 1.82) is 0 Å². The van der Waals surface area contributed by atoms with Gasteiger partial charge >= 0.3 is 0 Å². The van der Waals surface area contributed by atoms with Gasteiger partial charge in [0.2, 0.25) is 4.80 Å². The first-order valence-corrected chi connectivity index (χ1v) is 6.96. The first-order valence-electron chi connectivity index (χ1n) is 6.15. The highest BCUT2D eigenvalue weighted by atomic mass is 32.1. The fourth-order valence-electron chi connectivity index (χ4n) is 1.93. The maximum atomic E-state index is 9.37. The van der Waals surface area contributed by atoms with Crippen LogP contribution in [0.15, 0.2) is 58.7 Å². The van der Waals surface area contributed by atoms with E-state index in [1.807, 2.05) is 29.8 Å². The van der Waals surface area contributed by atoms with Crippen LogP contribution in [0.2, 0.25) is 0 Å². The van der Waals surface area contributed by atoms with E-state index >= 15 is 0 Å². The number of aryl methyl sites for hydroxylation is 1. The second-order valence-corrected chi connectivity index (χ2v) is 5.36.